The lowest BCUT2D eigenvalue weighted by atomic mass is 9.90. The van der Waals surface area contributed by atoms with Crippen LogP contribution in [0.2, 0.25) is 0 Å². The van der Waals surface area contributed by atoms with Crippen molar-refractivity contribution in [2.45, 2.75) is 32.1 Å². The Labute approximate surface area is 103 Å². The summed E-state index contributed by atoms with van der Waals surface area (Å²) in [7, 11) is 1.67. The molecule has 0 spiro atoms. The summed E-state index contributed by atoms with van der Waals surface area (Å²) < 4.78 is 4.90. The summed E-state index contributed by atoms with van der Waals surface area (Å²) in [5, 5.41) is 7.72. The molecule has 1 saturated carbocycles. The molecule has 1 rings (SSSR count). The number of nitrogens with one attached hydrogen (secondary N) is 2. The number of rotatable bonds is 5. The average Bonchev–Trinajstić information content (AvgIpc) is 2.31. The molecule has 0 unspecified atom stereocenters. The molecule has 1 aliphatic rings. The van der Waals surface area contributed by atoms with Gasteiger partial charge in [-0.25, -0.2) is 0 Å². The van der Waals surface area contributed by atoms with E-state index >= 15 is 0 Å². The zero-order valence-electron chi connectivity index (χ0n) is 9.87. The highest BCUT2D eigenvalue weighted by Gasteiger charge is 2.10. The van der Waals surface area contributed by atoms with E-state index in [0.29, 0.717) is 24.2 Å². The van der Waals surface area contributed by atoms with Gasteiger partial charge in [0.05, 0.1) is 6.61 Å². The Kier molecular flexibility index (Phi) is 7.09. The molecule has 0 aliphatic heterocycles. The number of hydrazone groups is 1. The van der Waals surface area contributed by atoms with Crippen molar-refractivity contribution in [1.29, 1.82) is 0 Å². The molecule has 5 heteroatoms. The molecule has 0 saturated heterocycles. The van der Waals surface area contributed by atoms with Crippen molar-refractivity contribution in [3.8, 4) is 0 Å². The highest BCUT2D eigenvalue weighted by atomic mass is 32.1. The first-order valence-corrected chi connectivity index (χ1v) is 6.29. The van der Waals surface area contributed by atoms with Gasteiger partial charge in [0.1, 0.15) is 0 Å². The Morgan fingerprint density at radius 2 is 2.19 bits per heavy atom. The van der Waals surface area contributed by atoms with E-state index in [2.05, 4.69) is 15.8 Å². The minimum atomic E-state index is 0.559. The van der Waals surface area contributed by atoms with Crippen LogP contribution in [0.4, 0.5) is 0 Å². The number of nitrogens with zero attached hydrogens (tertiary/aromatic N) is 1. The predicted molar refractivity (Wildman–Crippen MR) is 70.7 cm³/mol. The fraction of sp³-hybridized carbons (Fsp3) is 0.818. The average molecular weight is 243 g/mol. The summed E-state index contributed by atoms with van der Waals surface area (Å²) in [6.07, 6.45) is 8.53. The van der Waals surface area contributed by atoms with Crippen LogP contribution in [-0.2, 0) is 4.74 Å². The molecule has 0 aromatic rings. The minimum absolute atomic E-state index is 0.559. The van der Waals surface area contributed by atoms with Crippen LogP contribution >= 0.6 is 12.2 Å². The zero-order valence-corrected chi connectivity index (χ0v) is 10.7. The van der Waals surface area contributed by atoms with Gasteiger partial charge in [0.15, 0.2) is 5.11 Å². The molecule has 1 fully saturated rings. The summed E-state index contributed by atoms with van der Waals surface area (Å²) in [5.41, 5.74) is 2.82. The van der Waals surface area contributed by atoms with E-state index < -0.39 is 0 Å². The fourth-order valence-corrected chi connectivity index (χ4v) is 1.95. The minimum Gasteiger partial charge on any atom is -0.383 e. The van der Waals surface area contributed by atoms with Crippen LogP contribution in [0, 0.1) is 5.92 Å². The van der Waals surface area contributed by atoms with Crippen molar-refractivity contribution in [2.24, 2.45) is 11.0 Å². The normalized spacial score (nSPS) is 17.6. The Morgan fingerprint density at radius 3 is 2.88 bits per heavy atom. The van der Waals surface area contributed by atoms with Gasteiger partial charge >= 0.3 is 0 Å². The summed E-state index contributed by atoms with van der Waals surface area (Å²) in [4.78, 5) is 0. The van der Waals surface area contributed by atoms with E-state index in [4.69, 9.17) is 17.0 Å². The van der Waals surface area contributed by atoms with Crippen molar-refractivity contribution >= 4 is 23.5 Å². The predicted octanol–water partition coefficient (Wildman–Crippen LogP) is 1.66. The van der Waals surface area contributed by atoms with Gasteiger partial charge in [0.25, 0.3) is 0 Å². The van der Waals surface area contributed by atoms with Crippen LogP contribution < -0.4 is 10.7 Å². The first-order chi connectivity index (χ1) is 7.83. The second-order valence-corrected chi connectivity index (χ2v) is 4.45. The first kappa shape index (κ1) is 13.4. The third-order valence-electron chi connectivity index (χ3n) is 2.69. The third kappa shape index (κ3) is 6.02. The molecular formula is C11H21N3OS. The maximum atomic E-state index is 5.04. The van der Waals surface area contributed by atoms with Crippen LogP contribution in [0.1, 0.15) is 32.1 Å². The maximum Gasteiger partial charge on any atom is 0.187 e. The van der Waals surface area contributed by atoms with E-state index in [0.717, 1.165) is 0 Å². The van der Waals surface area contributed by atoms with Gasteiger partial charge in [-0.1, -0.05) is 19.3 Å². The summed E-state index contributed by atoms with van der Waals surface area (Å²) in [6, 6.07) is 0. The van der Waals surface area contributed by atoms with Crippen molar-refractivity contribution in [2.75, 3.05) is 20.3 Å². The number of hydrogen-bond donors (Lipinski definition) is 2. The maximum absolute atomic E-state index is 5.04. The van der Waals surface area contributed by atoms with Gasteiger partial charge in [-0.15, -0.1) is 0 Å². The summed E-state index contributed by atoms with van der Waals surface area (Å²) in [6.45, 7) is 1.36. The SMILES string of the molecule is COCCNC(=S)N/N=C\C1CCCCC1. The lowest BCUT2D eigenvalue weighted by Gasteiger charge is -2.16. The van der Waals surface area contributed by atoms with Gasteiger partial charge in [0, 0.05) is 19.9 Å². The highest BCUT2D eigenvalue weighted by Crippen LogP contribution is 2.21. The number of hydrogen-bond acceptors (Lipinski definition) is 3. The molecule has 0 aromatic carbocycles. The summed E-state index contributed by atoms with van der Waals surface area (Å²) >= 11 is 5.04. The second-order valence-electron chi connectivity index (χ2n) is 4.04. The van der Waals surface area contributed by atoms with Crippen LogP contribution in [0.3, 0.4) is 0 Å². The Balaban J connectivity index is 2.07. The van der Waals surface area contributed by atoms with E-state index in [1.54, 1.807) is 7.11 Å². The quantitative estimate of drug-likeness (QED) is 0.334. The Morgan fingerprint density at radius 1 is 1.44 bits per heavy atom. The summed E-state index contributed by atoms with van der Waals surface area (Å²) in [5.74, 6) is 0.628. The van der Waals surface area contributed by atoms with Gasteiger partial charge in [0.2, 0.25) is 0 Å². The van der Waals surface area contributed by atoms with Gasteiger partial charge in [-0.05, 0) is 31.0 Å². The molecule has 0 radical (unpaired) electrons. The number of methoxy groups -OCH3 is 1. The molecule has 1 aliphatic carbocycles. The van der Waals surface area contributed by atoms with Gasteiger partial charge in [-0.2, -0.15) is 5.10 Å². The molecule has 2 N–H and O–H groups in total. The molecule has 0 amide bonds. The van der Waals surface area contributed by atoms with Crippen LogP contribution in [0.5, 0.6) is 0 Å². The fourth-order valence-electron chi connectivity index (χ4n) is 1.79. The zero-order chi connectivity index (χ0) is 11.6. The van der Waals surface area contributed by atoms with E-state index in [9.17, 15) is 0 Å². The molecule has 4 nitrogen and oxygen atoms in total. The monoisotopic (exact) mass is 243 g/mol. The van der Waals surface area contributed by atoms with Crippen molar-refractivity contribution in [3.05, 3.63) is 0 Å². The van der Waals surface area contributed by atoms with Gasteiger partial charge < -0.3 is 10.1 Å². The van der Waals surface area contributed by atoms with Crippen LogP contribution in [0.15, 0.2) is 5.10 Å². The Bertz CT molecular complexity index is 227. The van der Waals surface area contributed by atoms with Gasteiger partial charge in [-0.3, -0.25) is 5.43 Å². The molecule has 16 heavy (non-hydrogen) atoms. The molecule has 0 aromatic heterocycles. The van der Waals surface area contributed by atoms with E-state index in [1.165, 1.54) is 32.1 Å². The van der Waals surface area contributed by atoms with Crippen LogP contribution in [-0.4, -0.2) is 31.6 Å². The smallest absolute Gasteiger partial charge is 0.187 e. The molecule has 0 heterocycles. The largest absolute Gasteiger partial charge is 0.383 e. The second kappa shape index (κ2) is 8.47. The van der Waals surface area contributed by atoms with Crippen molar-refractivity contribution in [3.63, 3.8) is 0 Å². The molecule has 92 valence electrons. The van der Waals surface area contributed by atoms with E-state index in [-0.39, 0.29) is 0 Å². The number of thiocarbonyl (C=S) groups is 1. The van der Waals surface area contributed by atoms with Crippen LogP contribution in [0.25, 0.3) is 0 Å². The first-order valence-electron chi connectivity index (χ1n) is 5.89. The Hall–Kier alpha value is -0.680. The van der Waals surface area contributed by atoms with Crippen molar-refractivity contribution in [1.82, 2.24) is 10.7 Å². The van der Waals surface area contributed by atoms with E-state index in [1.807, 2.05) is 6.21 Å². The molecule has 0 bridgehead atoms. The van der Waals surface area contributed by atoms with Crippen molar-refractivity contribution < 1.29 is 4.74 Å². The lowest BCUT2D eigenvalue weighted by Crippen LogP contribution is -2.34. The molecule has 0 atom stereocenters. The lowest BCUT2D eigenvalue weighted by molar-refractivity contribution is 0.204. The molecular weight excluding hydrogens is 222 g/mol. The topological polar surface area (TPSA) is 45.6 Å². The standard InChI is InChI=1S/C11H21N3OS/c1-15-8-7-12-11(16)14-13-9-10-5-3-2-4-6-10/h9-10H,2-8H2,1H3,(H2,12,14,16)/b13-9-. The highest BCUT2D eigenvalue weighted by molar-refractivity contribution is 7.80. The number of ether oxygens (including phenoxy) is 1. The third-order valence-corrected chi connectivity index (χ3v) is 2.93.